The van der Waals surface area contributed by atoms with Crippen LogP contribution in [0.1, 0.15) is 34.3 Å². The monoisotopic (exact) mass is 271 g/mol. The molecule has 1 unspecified atom stereocenters. The van der Waals surface area contributed by atoms with Crippen molar-refractivity contribution in [2.24, 2.45) is 0 Å². The summed E-state index contributed by atoms with van der Waals surface area (Å²) in [4.78, 5) is 23.2. The first-order valence-electron chi connectivity index (χ1n) is 5.20. The second-order valence-corrected chi connectivity index (χ2v) is 4.74. The van der Waals surface area contributed by atoms with Gasteiger partial charge in [0.1, 0.15) is 0 Å². The summed E-state index contributed by atoms with van der Waals surface area (Å²) in [5.74, 6) is -0.681. The van der Waals surface area contributed by atoms with Gasteiger partial charge in [0.15, 0.2) is 5.78 Å². The molecule has 1 aromatic carbocycles. The van der Waals surface area contributed by atoms with Crippen molar-refractivity contribution < 1.29 is 9.59 Å². The molecule has 17 heavy (non-hydrogen) atoms. The normalized spacial score (nSPS) is 17.9. The first-order chi connectivity index (χ1) is 7.97. The van der Waals surface area contributed by atoms with E-state index in [9.17, 15) is 9.59 Å². The molecule has 1 aliphatic heterocycles. The summed E-state index contributed by atoms with van der Waals surface area (Å²) < 4.78 is 0. The number of alkyl halides is 1. The average Bonchev–Trinajstić information content (AvgIpc) is 2.60. The predicted molar refractivity (Wildman–Crippen MR) is 68.3 cm³/mol. The van der Waals surface area contributed by atoms with Crippen molar-refractivity contribution in [1.82, 2.24) is 0 Å². The van der Waals surface area contributed by atoms with Gasteiger partial charge < -0.3 is 5.32 Å². The zero-order valence-corrected chi connectivity index (χ0v) is 10.9. The van der Waals surface area contributed by atoms with Gasteiger partial charge in [-0.05, 0) is 31.0 Å². The van der Waals surface area contributed by atoms with Crippen molar-refractivity contribution in [1.29, 1.82) is 0 Å². The van der Waals surface area contributed by atoms with Gasteiger partial charge in [0.2, 0.25) is 5.91 Å². The van der Waals surface area contributed by atoms with Crippen LogP contribution >= 0.6 is 23.2 Å². The molecule has 1 heterocycles. The van der Waals surface area contributed by atoms with E-state index in [0.717, 1.165) is 16.8 Å². The second kappa shape index (κ2) is 4.31. The number of anilines is 1. The van der Waals surface area contributed by atoms with Gasteiger partial charge in [0.05, 0.1) is 16.8 Å². The maximum Gasteiger partial charge on any atom is 0.231 e. The lowest BCUT2D eigenvalue weighted by Gasteiger charge is -2.11. The van der Waals surface area contributed by atoms with Gasteiger partial charge in [-0.25, -0.2) is 0 Å². The highest BCUT2D eigenvalue weighted by Crippen LogP contribution is 2.39. The number of hydrogen-bond donors (Lipinski definition) is 1. The Kier molecular flexibility index (Phi) is 3.15. The molecule has 0 spiro atoms. The summed E-state index contributed by atoms with van der Waals surface area (Å²) in [5, 5.41) is 3.14. The van der Waals surface area contributed by atoms with Crippen molar-refractivity contribution >= 4 is 40.6 Å². The van der Waals surface area contributed by atoms with Gasteiger partial charge in [0, 0.05) is 11.3 Å². The molecule has 0 bridgehead atoms. The van der Waals surface area contributed by atoms with Crippen LogP contribution in [0.25, 0.3) is 0 Å². The molecule has 1 N–H and O–H groups in total. The van der Waals surface area contributed by atoms with Gasteiger partial charge in [-0.15, -0.1) is 11.6 Å². The Morgan fingerprint density at radius 1 is 1.53 bits per heavy atom. The standard InChI is InChI=1S/C12H11Cl2NO2/c1-5-7-3-8(9(16)4-13)10(14)6(2)11(7)15-12(5)17/h3,5H,4H2,1-2H3,(H,15,17). The van der Waals surface area contributed by atoms with E-state index < -0.39 is 0 Å². The lowest BCUT2D eigenvalue weighted by Crippen LogP contribution is -2.08. The van der Waals surface area contributed by atoms with Crippen LogP contribution in [0.3, 0.4) is 0 Å². The number of halogens is 2. The Morgan fingerprint density at radius 2 is 2.18 bits per heavy atom. The zero-order chi connectivity index (χ0) is 12.7. The van der Waals surface area contributed by atoms with Crippen LogP contribution in [0.4, 0.5) is 5.69 Å². The topological polar surface area (TPSA) is 46.2 Å². The van der Waals surface area contributed by atoms with E-state index in [0.29, 0.717) is 10.6 Å². The molecule has 1 aliphatic rings. The van der Waals surface area contributed by atoms with Crippen LogP contribution in [0, 0.1) is 6.92 Å². The van der Waals surface area contributed by atoms with Gasteiger partial charge >= 0.3 is 0 Å². The number of amides is 1. The summed E-state index contributed by atoms with van der Waals surface area (Å²) >= 11 is 11.7. The molecular formula is C12H11Cl2NO2. The summed E-state index contributed by atoms with van der Waals surface area (Å²) in [6, 6.07) is 1.66. The summed E-state index contributed by atoms with van der Waals surface area (Å²) in [6.45, 7) is 3.58. The minimum atomic E-state index is -0.261. The van der Waals surface area contributed by atoms with E-state index in [1.165, 1.54) is 0 Å². The van der Waals surface area contributed by atoms with Gasteiger partial charge in [-0.1, -0.05) is 11.6 Å². The Bertz CT molecular complexity index is 526. The molecule has 0 aromatic heterocycles. The SMILES string of the molecule is Cc1c(Cl)c(C(=O)CCl)cc2c1NC(=O)C2C. The number of hydrogen-bond acceptors (Lipinski definition) is 2. The van der Waals surface area contributed by atoms with E-state index in [4.69, 9.17) is 23.2 Å². The van der Waals surface area contributed by atoms with Gasteiger partial charge in [0.25, 0.3) is 0 Å². The molecule has 1 aromatic rings. The largest absolute Gasteiger partial charge is 0.325 e. The minimum absolute atomic E-state index is 0.0744. The number of fused-ring (bicyclic) bond motifs is 1. The molecule has 1 amide bonds. The van der Waals surface area contributed by atoms with Crippen molar-refractivity contribution in [2.75, 3.05) is 11.2 Å². The van der Waals surface area contributed by atoms with Gasteiger partial charge in [-0.2, -0.15) is 0 Å². The molecule has 0 fully saturated rings. The first-order valence-corrected chi connectivity index (χ1v) is 6.11. The van der Waals surface area contributed by atoms with Gasteiger partial charge in [-0.3, -0.25) is 9.59 Å². The van der Waals surface area contributed by atoms with Crippen molar-refractivity contribution in [3.63, 3.8) is 0 Å². The smallest absolute Gasteiger partial charge is 0.231 e. The molecule has 5 heteroatoms. The number of benzene rings is 1. The maximum absolute atomic E-state index is 11.7. The van der Waals surface area contributed by atoms with E-state index in [1.54, 1.807) is 19.9 Å². The number of carbonyl (C=O) groups is 2. The predicted octanol–water partition coefficient (Wildman–Crippen LogP) is 3.13. The molecule has 90 valence electrons. The molecule has 0 aliphatic carbocycles. The Balaban J connectivity index is 2.65. The van der Waals surface area contributed by atoms with E-state index in [2.05, 4.69) is 5.32 Å². The van der Waals surface area contributed by atoms with E-state index >= 15 is 0 Å². The van der Waals surface area contributed by atoms with Crippen LogP contribution in [-0.4, -0.2) is 17.6 Å². The molecule has 1 atom stereocenters. The lowest BCUT2D eigenvalue weighted by atomic mass is 9.96. The highest BCUT2D eigenvalue weighted by atomic mass is 35.5. The molecule has 0 saturated carbocycles. The number of rotatable bonds is 2. The van der Waals surface area contributed by atoms with Crippen LogP contribution < -0.4 is 5.32 Å². The Hall–Kier alpha value is -1.06. The number of Topliss-reactive ketones (excluding diaryl/α,β-unsaturated/α-hetero) is 1. The molecule has 2 rings (SSSR count). The van der Waals surface area contributed by atoms with Crippen LogP contribution in [0.5, 0.6) is 0 Å². The third-order valence-corrected chi connectivity index (χ3v) is 3.79. The zero-order valence-electron chi connectivity index (χ0n) is 9.43. The molecule has 3 nitrogen and oxygen atoms in total. The number of carbonyl (C=O) groups excluding carboxylic acids is 2. The quantitative estimate of drug-likeness (QED) is 0.664. The highest BCUT2D eigenvalue weighted by molar-refractivity contribution is 6.38. The van der Waals surface area contributed by atoms with Crippen LogP contribution in [0.15, 0.2) is 6.07 Å². The van der Waals surface area contributed by atoms with Crippen LogP contribution in [0.2, 0.25) is 5.02 Å². The summed E-state index contributed by atoms with van der Waals surface area (Å²) in [5.41, 5.74) is 2.64. The second-order valence-electron chi connectivity index (χ2n) is 4.10. The van der Waals surface area contributed by atoms with E-state index in [-0.39, 0.29) is 23.5 Å². The van der Waals surface area contributed by atoms with Crippen molar-refractivity contribution in [2.45, 2.75) is 19.8 Å². The lowest BCUT2D eigenvalue weighted by molar-refractivity contribution is -0.116. The van der Waals surface area contributed by atoms with Crippen molar-refractivity contribution in [3.8, 4) is 0 Å². The minimum Gasteiger partial charge on any atom is -0.325 e. The van der Waals surface area contributed by atoms with E-state index in [1.807, 2.05) is 0 Å². The fourth-order valence-electron chi connectivity index (χ4n) is 1.97. The molecule has 0 radical (unpaired) electrons. The third-order valence-electron chi connectivity index (χ3n) is 3.06. The number of ketones is 1. The molecular weight excluding hydrogens is 261 g/mol. The van der Waals surface area contributed by atoms with Crippen LogP contribution in [-0.2, 0) is 4.79 Å². The molecule has 0 saturated heterocycles. The third kappa shape index (κ3) is 1.83. The fraction of sp³-hybridized carbons (Fsp3) is 0.333. The first kappa shape index (κ1) is 12.4. The number of nitrogens with one attached hydrogen (secondary N) is 1. The Labute approximate surface area is 109 Å². The maximum atomic E-state index is 11.7. The highest BCUT2D eigenvalue weighted by Gasteiger charge is 2.30. The average molecular weight is 272 g/mol. The Morgan fingerprint density at radius 3 is 2.76 bits per heavy atom. The van der Waals surface area contributed by atoms with Crippen molar-refractivity contribution in [3.05, 3.63) is 27.8 Å². The fourth-order valence-corrected chi connectivity index (χ4v) is 2.37. The summed E-state index contributed by atoms with van der Waals surface area (Å²) in [6.07, 6.45) is 0. The summed E-state index contributed by atoms with van der Waals surface area (Å²) in [7, 11) is 0.